The third-order valence-corrected chi connectivity index (χ3v) is 2.92. The van der Waals surface area contributed by atoms with Crippen LogP contribution in [0.15, 0.2) is 18.3 Å². The Balaban J connectivity index is 2.10. The highest BCUT2D eigenvalue weighted by Gasteiger charge is 2.29. The summed E-state index contributed by atoms with van der Waals surface area (Å²) in [6.07, 6.45) is 2.38. The summed E-state index contributed by atoms with van der Waals surface area (Å²) in [5.74, 6) is 0.479. The van der Waals surface area contributed by atoms with Crippen LogP contribution in [0.1, 0.15) is 12.0 Å². The van der Waals surface area contributed by atoms with Crippen LogP contribution < -0.4 is 4.90 Å². The SMILES string of the molecule is COC(=O)C1CCN(c2cc(C#N)ccn2)C1. The molecule has 5 heteroatoms. The molecule has 1 atom stereocenters. The summed E-state index contributed by atoms with van der Waals surface area (Å²) in [6.45, 7) is 1.37. The first-order valence-corrected chi connectivity index (χ1v) is 5.43. The van der Waals surface area contributed by atoms with Gasteiger partial charge in [0.1, 0.15) is 5.82 Å². The lowest BCUT2D eigenvalue weighted by atomic mass is 10.1. The number of carbonyl (C=O) groups excluding carboxylic acids is 1. The van der Waals surface area contributed by atoms with Crippen molar-refractivity contribution >= 4 is 11.8 Å². The molecule has 0 bridgehead atoms. The number of esters is 1. The van der Waals surface area contributed by atoms with Gasteiger partial charge in [0, 0.05) is 19.3 Å². The Morgan fingerprint density at radius 1 is 1.71 bits per heavy atom. The van der Waals surface area contributed by atoms with Crippen molar-refractivity contribution in [3.05, 3.63) is 23.9 Å². The van der Waals surface area contributed by atoms with Gasteiger partial charge in [0.2, 0.25) is 0 Å². The first-order valence-electron chi connectivity index (χ1n) is 5.43. The number of ether oxygens (including phenoxy) is 1. The van der Waals surface area contributed by atoms with E-state index in [1.807, 2.05) is 4.90 Å². The molecule has 0 radical (unpaired) electrons. The van der Waals surface area contributed by atoms with Gasteiger partial charge in [-0.2, -0.15) is 5.26 Å². The second kappa shape index (κ2) is 4.83. The summed E-state index contributed by atoms with van der Waals surface area (Å²) in [5, 5.41) is 8.81. The summed E-state index contributed by atoms with van der Waals surface area (Å²) in [4.78, 5) is 17.6. The van der Waals surface area contributed by atoms with Crippen LogP contribution in [0, 0.1) is 17.2 Å². The van der Waals surface area contributed by atoms with Crippen molar-refractivity contribution in [1.82, 2.24) is 4.98 Å². The maximum atomic E-state index is 11.4. The van der Waals surface area contributed by atoms with Gasteiger partial charge in [-0.25, -0.2) is 4.98 Å². The Hall–Kier alpha value is -2.09. The monoisotopic (exact) mass is 231 g/mol. The zero-order valence-electron chi connectivity index (χ0n) is 9.59. The lowest BCUT2D eigenvalue weighted by Gasteiger charge is -2.16. The molecule has 88 valence electrons. The number of hydrogen-bond donors (Lipinski definition) is 0. The topological polar surface area (TPSA) is 66.2 Å². The van der Waals surface area contributed by atoms with E-state index in [0.29, 0.717) is 12.1 Å². The molecule has 0 N–H and O–H groups in total. The van der Waals surface area contributed by atoms with Crippen molar-refractivity contribution in [1.29, 1.82) is 5.26 Å². The third kappa shape index (κ3) is 2.36. The molecule has 1 aromatic rings. The normalized spacial score (nSPS) is 18.8. The molecule has 1 unspecified atom stereocenters. The van der Waals surface area contributed by atoms with Crippen LogP contribution in [0.3, 0.4) is 0 Å². The van der Waals surface area contributed by atoms with Crippen molar-refractivity contribution in [3.63, 3.8) is 0 Å². The van der Waals surface area contributed by atoms with Crippen LogP contribution in [-0.4, -0.2) is 31.2 Å². The summed E-state index contributed by atoms with van der Waals surface area (Å²) < 4.78 is 4.72. The van der Waals surface area contributed by atoms with Gasteiger partial charge in [0.05, 0.1) is 24.7 Å². The lowest BCUT2D eigenvalue weighted by molar-refractivity contribution is -0.144. The van der Waals surface area contributed by atoms with Gasteiger partial charge in [0.15, 0.2) is 0 Å². The van der Waals surface area contributed by atoms with Crippen LogP contribution in [0.2, 0.25) is 0 Å². The fourth-order valence-electron chi connectivity index (χ4n) is 1.99. The summed E-state index contributed by atoms with van der Waals surface area (Å²) >= 11 is 0. The van der Waals surface area contributed by atoms with Gasteiger partial charge in [-0.1, -0.05) is 0 Å². The van der Waals surface area contributed by atoms with Crippen LogP contribution >= 0.6 is 0 Å². The molecular weight excluding hydrogens is 218 g/mol. The molecule has 1 aromatic heterocycles. The van der Waals surface area contributed by atoms with Crippen LogP contribution in [0.25, 0.3) is 0 Å². The van der Waals surface area contributed by atoms with Crippen LogP contribution in [0.4, 0.5) is 5.82 Å². The van der Waals surface area contributed by atoms with Gasteiger partial charge >= 0.3 is 5.97 Å². The van der Waals surface area contributed by atoms with Crippen LogP contribution in [-0.2, 0) is 9.53 Å². The molecule has 17 heavy (non-hydrogen) atoms. The number of nitrogens with zero attached hydrogens (tertiary/aromatic N) is 3. The average molecular weight is 231 g/mol. The fraction of sp³-hybridized carbons (Fsp3) is 0.417. The second-order valence-corrected chi connectivity index (χ2v) is 3.97. The largest absolute Gasteiger partial charge is 0.469 e. The molecule has 1 aliphatic rings. The van der Waals surface area contributed by atoms with Gasteiger partial charge in [0.25, 0.3) is 0 Å². The Labute approximate surface area is 99.6 Å². The molecule has 0 spiro atoms. The minimum Gasteiger partial charge on any atom is -0.469 e. The highest BCUT2D eigenvalue weighted by Crippen LogP contribution is 2.23. The van der Waals surface area contributed by atoms with E-state index in [2.05, 4.69) is 11.1 Å². The first-order chi connectivity index (χ1) is 8.24. The van der Waals surface area contributed by atoms with E-state index in [4.69, 9.17) is 10.00 Å². The van der Waals surface area contributed by atoms with Crippen molar-refractivity contribution in [2.24, 2.45) is 5.92 Å². The smallest absolute Gasteiger partial charge is 0.310 e. The lowest BCUT2D eigenvalue weighted by Crippen LogP contribution is -2.24. The highest BCUT2D eigenvalue weighted by atomic mass is 16.5. The molecule has 1 saturated heterocycles. The number of methoxy groups -OCH3 is 1. The highest BCUT2D eigenvalue weighted by molar-refractivity contribution is 5.74. The Morgan fingerprint density at radius 2 is 2.53 bits per heavy atom. The number of nitriles is 1. The van der Waals surface area contributed by atoms with Gasteiger partial charge in [-0.3, -0.25) is 4.79 Å². The summed E-state index contributed by atoms with van der Waals surface area (Å²) in [6, 6.07) is 5.48. The number of pyridine rings is 1. The molecule has 1 aliphatic heterocycles. The Bertz CT molecular complexity index is 467. The van der Waals surface area contributed by atoms with E-state index in [1.165, 1.54) is 7.11 Å². The van der Waals surface area contributed by atoms with E-state index in [1.54, 1.807) is 18.3 Å². The fourth-order valence-corrected chi connectivity index (χ4v) is 1.99. The molecule has 2 rings (SSSR count). The molecule has 5 nitrogen and oxygen atoms in total. The van der Waals surface area contributed by atoms with Crippen molar-refractivity contribution in [2.45, 2.75) is 6.42 Å². The molecule has 0 aromatic carbocycles. The van der Waals surface area contributed by atoms with E-state index in [0.717, 1.165) is 18.8 Å². The van der Waals surface area contributed by atoms with Crippen molar-refractivity contribution in [2.75, 3.05) is 25.1 Å². The van der Waals surface area contributed by atoms with E-state index in [9.17, 15) is 4.79 Å². The molecule has 1 fully saturated rings. The van der Waals surface area contributed by atoms with E-state index in [-0.39, 0.29) is 11.9 Å². The Morgan fingerprint density at radius 3 is 3.24 bits per heavy atom. The molecular formula is C12H13N3O2. The minimum absolute atomic E-state index is 0.0902. The van der Waals surface area contributed by atoms with Gasteiger partial charge in [-0.05, 0) is 18.6 Å². The molecule has 0 aliphatic carbocycles. The van der Waals surface area contributed by atoms with Crippen molar-refractivity contribution < 1.29 is 9.53 Å². The second-order valence-electron chi connectivity index (χ2n) is 3.97. The van der Waals surface area contributed by atoms with Crippen molar-refractivity contribution in [3.8, 4) is 6.07 Å². The summed E-state index contributed by atoms with van der Waals surface area (Å²) in [5.41, 5.74) is 0.580. The predicted octanol–water partition coefficient (Wildman–Crippen LogP) is 0.953. The van der Waals surface area contributed by atoms with Gasteiger partial charge in [-0.15, -0.1) is 0 Å². The number of rotatable bonds is 2. The standard InChI is InChI=1S/C12H13N3O2/c1-17-12(16)10-3-5-15(8-10)11-6-9(7-13)2-4-14-11/h2,4,6,10H,3,5,8H2,1H3. The number of hydrogen-bond acceptors (Lipinski definition) is 5. The van der Waals surface area contributed by atoms with E-state index < -0.39 is 0 Å². The number of aromatic nitrogens is 1. The maximum Gasteiger partial charge on any atom is 0.310 e. The molecule has 2 heterocycles. The third-order valence-electron chi connectivity index (χ3n) is 2.92. The Kier molecular flexibility index (Phi) is 3.24. The number of anilines is 1. The quantitative estimate of drug-likeness (QED) is 0.709. The number of carbonyl (C=O) groups is 1. The van der Waals surface area contributed by atoms with Gasteiger partial charge < -0.3 is 9.64 Å². The summed E-state index contributed by atoms with van der Waals surface area (Å²) in [7, 11) is 1.40. The average Bonchev–Trinajstić information content (AvgIpc) is 2.87. The van der Waals surface area contributed by atoms with E-state index >= 15 is 0 Å². The predicted molar refractivity (Wildman–Crippen MR) is 61.3 cm³/mol. The molecule has 0 amide bonds. The molecule has 0 saturated carbocycles. The van der Waals surface area contributed by atoms with Crippen LogP contribution in [0.5, 0.6) is 0 Å². The first kappa shape index (κ1) is 11.4. The maximum absolute atomic E-state index is 11.4. The zero-order valence-corrected chi connectivity index (χ0v) is 9.59. The minimum atomic E-state index is -0.177. The zero-order chi connectivity index (χ0) is 12.3.